The molecule has 0 aliphatic carbocycles. The molecular weight excluding hydrogens is 789 g/mol. The molecule has 2 aliphatic rings. The van der Waals surface area contributed by atoms with Crippen molar-refractivity contribution in [2.45, 2.75) is 223 Å². The van der Waals surface area contributed by atoms with Gasteiger partial charge in [-0.3, -0.25) is 4.79 Å². The van der Waals surface area contributed by atoms with Crippen molar-refractivity contribution < 1.29 is 69.0 Å². The highest BCUT2D eigenvalue weighted by Crippen LogP contribution is 2.26. The monoisotopic (exact) mass is 873 g/mol. The van der Waals surface area contributed by atoms with E-state index in [2.05, 4.69) is 50.3 Å². The number of hydrogen-bond acceptors (Lipinski definition) is 14. The standard InChI is InChI=1S/C47H84O14/c1-3-5-7-9-11-13-15-17-18-19-21-23-25-27-29-31-56-33-36(59-39(49)30-28-26-24-22-20-16-14-12-10-8-6-4-2)34-57-46-45(55)43(53)41(51)38(61-46)35-58-47-44(54)42(52)40(50)37(32-48)60-47/h9,11-12,14-15,17,36-38,40-48,50-55H,3-8,10,13,16,18-35H2,1-2H3/b11-9-,14-12-,17-15-. The van der Waals surface area contributed by atoms with Crippen molar-refractivity contribution in [2.24, 2.45) is 0 Å². The molecule has 61 heavy (non-hydrogen) atoms. The lowest BCUT2D eigenvalue weighted by Gasteiger charge is -2.42. The van der Waals surface area contributed by atoms with Gasteiger partial charge in [-0.2, -0.15) is 0 Å². The Hall–Kier alpha value is -1.79. The van der Waals surface area contributed by atoms with E-state index < -0.39 is 86.7 Å². The number of allylic oxidation sites excluding steroid dienone is 6. The first-order chi connectivity index (χ1) is 29.6. The van der Waals surface area contributed by atoms with Crippen LogP contribution in [0.3, 0.4) is 0 Å². The molecule has 2 saturated heterocycles. The van der Waals surface area contributed by atoms with Crippen molar-refractivity contribution in [2.75, 3.05) is 33.0 Å². The van der Waals surface area contributed by atoms with Gasteiger partial charge in [-0.15, -0.1) is 0 Å². The fourth-order valence-corrected chi connectivity index (χ4v) is 7.18. The van der Waals surface area contributed by atoms with Crippen LogP contribution in [-0.4, -0.2) is 142 Å². The maximum absolute atomic E-state index is 12.9. The third-order valence-corrected chi connectivity index (χ3v) is 11.1. The van der Waals surface area contributed by atoms with Crippen LogP contribution in [0, 0.1) is 0 Å². The Bertz CT molecular complexity index is 1150. The van der Waals surface area contributed by atoms with E-state index in [4.69, 9.17) is 28.4 Å². The van der Waals surface area contributed by atoms with Crippen LogP contribution >= 0.6 is 0 Å². The first kappa shape index (κ1) is 55.3. The molecule has 14 heteroatoms. The Balaban J connectivity index is 1.81. The fraction of sp³-hybridized carbons (Fsp3) is 0.851. The molecule has 7 N–H and O–H groups in total. The summed E-state index contributed by atoms with van der Waals surface area (Å²) in [5.41, 5.74) is 0. The van der Waals surface area contributed by atoms with Crippen molar-refractivity contribution in [1.29, 1.82) is 0 Å². The Labute approximate surface area is 366 Å². The van der Waals surface area contributed by atoms with Gasteiger partial charge in [-0.25, -0.2) is 0 Å². The number of carbonyl (C=O) groups excluding carboxylic acids is 1. The van der Waals surface area contributed by atoms with Gasteiger partial charge >= 0.3 is 5.97 Å². The topological polar surface area (TPSA) is 214 Å². The predicted octanol–water partition coefficient (Wildman–Crippen LogP) is 5.85. The highest BCUT2D eigenvalue weighted by Gasteiger charge is 2.47. The summed E-state index contributed by atoms with van der Waals surface area (Å²) >= 11 is 0. The average molecular weight is 873 g/mol. The number of aliphatic hydroxyl groups excluding tert-OH is 7. The second-order valence-electron chi connectivity index (χ2n) is 16.6. The molecule has 11 atom stereocenters. The minimum atomic E-state index is -1.71. The first-order valence-corrected chi connectivity index (χ1v) is 23.6. The normalized spacial score (nSPS) is 27.8. The van der Waals surface area contributed by atoms with E-state index in [-0.39, 0.29) is 19.6 Å². The molecule has 11 unspecified atom stereocenters. The highest BCUT2D eigenvalue weighted by molar-refractivity contribution is 5.69. The lowest BCUT2D eigenvalue weighted by atomic mass is 9.98. The molecule has 0 amide bonds. The second-order valence-corrected chi connectivity index (χ2v) is 16.6. The number of aliphatic hydroxyl groups is 7. The molecule has 0 aromatic carbocycles. The average Bonchev–Trinajstić information content (AvgIpc) is 3.25. The highest BCUT2D eigenvalue weighted by atomic mass is 16.7. The Kier molecular flexibility index (Phi) is 32.2. The number of unbranched alkanes of at least 4 members (excludes halogenated alkanes) is 16. The third-order valence-electron chi connectivity index (χ3n) is 11.1. The summed E-state index contributed by atoms with van der Waals surface area (Å²) in [6.45, 7) is 3.57. The summed E-state index contributed by atoms with van der Waals surface area (Å²) in [7, 11) is 0. The van der Waals surface area contributed by atoms with Crippen LogP contribution in [0.1, 0.15) is 155 Å². The van der Waals surface area contributed by atoms with Gasteiger partial charge in [0.25, 0.3) is 0 Å². The van der Waals surface area contributed by atoms with Crippen molar-refractivity contribution in [3.8, 4) is 0 Å². The Morgan fingerprint density at radius 1 is 0.541 bits per heavy atom. The van der Waals surface area contributed by atoms with E-state index in [0.29, 0.717) is 13.0 Å². The van der Waals surface area contributed by atoms with E-state index in [0.717, 1.165) is 83.5 Å². The van der Waals surface area contributed by atoms with Crippen LogP contribution in [0.15, 0.2) is 36.5 Å². The molecule has 2 rings (SSSR count). The largest absolute Gasteiger partial charge is 0.457 e. The van der Waals surface area contributed by atoms with Crippen molar-refractivity contribution in [3.05, 3.63) is 36.5 Å². The predicted molar refractivity (Wildman–Crippen MR) is 233 cm³/mol. The van der Waals surface area contributed by atoms with Gasteiger partial charge in [-0.05, 0) is 64.2 Å². The Morgan fingerprint density at radius 3 is 1.64 bits per heavy atom. The molecule has 0 aromatic heterocycles. The van der Waals surface area contributed by atoms with Gasteiger partial charge in [0, 0.05) is 13.0 Å². The maximum atomic E-state index is 12.9. The van der Waals surface area contributed by atoms with E-state index >= 15 is 0 Å². The molecular formula is C47H84O14. The van der Waals surface area contributed by atoms with Crippen molar-refractivity contribution in [1.82, 2.24) is 0 Å². The summed E-state index contributed by atoms with van der Waals surface area (Å²) in [4.78, 5) is 12.9. The zero-order chi connectivity index (χ0) is 44.5. The zero-order valence-corrected chi connectivity index (χ0v) is 37.4. The van der Waals surface area contributed by atoms with Crippen LogP contribution in [0.4, 0.5) is 0 Å². The number of ether oxygens (including phenoxy) is 6. The van der Waals surface area contributed by atoms with Gasteiger partial charge < -0.3 is 64.2 Å². The molecule has 2 aliphatic heterocycles. The van der Waals surface area contributed by atoms with Crippen LogP contribution in [0.5, 0.6) is 0 Å². The minimum absolute atomic E-state index is 0.0511. The van der Waals surface area contributed by atoms with Crippen LogP contribution in [0.25, 0.3) is 0 Å². The van der Waals surface area contributed by atoms with Gasteiger partial charge in [-0.1, -0.05) is 121 Å². The molecule has 0 bridgehead atoms. The summed E-state index contributed by atoms with van der Waals surface area (Å²) in [5.74, 6) is -0.392. The molecule has 356 valence electrons. The van der Waals surface area contributed by atoms with E-state index in [1.54, 1.807) is 0 Å². The maximum Gasteiger partial charge on any atom is 0.306 e. The van der Waals surface area contributed by atoms with E-state index in [1.165, 1.54) is 44.9 Å². The molecule has 0 saturated carbocycles. The fourth-order valence-electron chi connectivity index (χ4n) is 7.18. The first-order valence-electron chi connectivity index (χ1n) is 23.6. The zero-order valence-electron chi connectivity index (χ0n) is 37.4. The number of rotatable bonds is 36. The van der Waals surface area contributed by atoms with Gasteiger partial charge in [0.05, 0.1) is 26.4 Å². The molecule has 14 nitrogen and oxygen atoms in total. The van der Waals surface area contributed by atoms with Crippen molar-refractivity contribution in [3.63, 3.8) is 0 Å². The summed E-state index contributed by atoms with van der Waals surface area (Å²) in [6, 6.07) is 0. The third kappa shape index (κ3) is 24.2. The summed E-state index contributed by atoms with van der Waals surface area (Å²) in [5, 5.41) is 71.9. The van der Waals surface area contributed by atoms with E-state index in [9.17, 15) is 40.5 Å². The van der Waals surface area contributed by atoms with Crippen LogP contribution < -0.4 is 0 Å². The smallest absolute Gasteiger partial charge is 0.306 e. The summed E-state index contributed by atoms with van der Waals surface area (Å²) in [6.07, 6.45) is 20.7. The molecule has 0 aromatic rings. The number of esters is 1. The second kappa shape index (κ2) is 35.5. The SMILES string of the molecule is CCCC/C=C\C/C=C\CCCCCCCCOCC(COC1OC(COC2OC(CO)C(O)C(O)C2O)C(O)C(O)C1O)OC(=O)CCCCCCC/C=C\CCCCC. The van der Waals surface area contributed by atoms with Gasteiger partial charge in [0.2, 0.25) is 0 Å². The lowest BCUT2D eigenvalue weighted by Crippen LogP contribution is -2.61. The van der Waals surface area contributed by atoms with Gasteiger partial charge in [0.15, 0.2) is 12.6 Å². The molecule has 0 radical (unpaired) electrons. The molecule has 2 fully saturated rings. The summed E-state index contributed by atoms with van der Waals surface area (Å²) < 4.78 is 34.1. The lowest BCUT2D eigenvalue weighted by molar-refractivity contribution is -0.332. The van der Waals surface area contributed by atoms with Crippen molar-refractivity contribution >= 4 is 5.97 Å². The molecule has 0 spiro atoms. The number of carbonyl (C=O) groups is 1. The van der Waals surface area contributed by atoms with Crippen LogP contribution in [-0.2, 0) is 33.2 Å². The van der Waals surface area contributed by atoms with Gasteiger partial charge in [0.1, 0.15) is 54.9 Å². The quantitative estimate of drug-likeness (QED) is 0.0224. The molecule has 2 heterocycles. The number of hydrogen-bond donors (Lipinski definition) is 7. The Morgan fingerprint density at radius 2 is 1.03 bits per heavy atom. The van der Waals surface area contributed by atoms with Crippen LogP contribution in [0.2, 0.25) is 0 Å². The minimum Gasteiger partial charge on any atom is -0.457 e. The van der Waals surface area contributed by atoms with E-state index in [1.807, 2.05) is 0 Å².